The summed E-state index contributed by atoms with van der Waals surface area (Å²) in [7, 11) is 0. The molecule has 0 saturated carbocycles. The number of rotatable bonds is 5. The van der Waals surface area contributed by atoms with Crippen LogP contribution in [0.4, 0.5) is 0 Å². The van der Waals surface area contributed by atoms with Gasteiger partial charge in [-0.25, -0.2) is 4.98 Å². The van der Waals surface area contributed by atoms with Gasteiger partial charge in [0.25, 0.3) is 0 Å². The molecule has 0 radical (unpaired) electrons. The van der Waals surface area contributed by atoms with Crippen molar-refractivity contribution in [3.05, 3.63) is 76.8 Å². The lowest BCUT2D eigenvalue weighted by Gasteiger charge is -2.04. The van der Waals surface area contributed by atoms with E-state index in [9.17, 15) is 0 Å². The zero-order valence-corrected chi connectivity index (χ0v) is 14.6. The Morgan fingerprint density at radius 3 is 2.80 bits per heavy atom. The molecule has 0 fully saturated rings. The fourth-order valence-electron chi connectivity index (χ4n) is 2.89. The number of nitrogens with zero attached hydrogens (tertiary/aromatic N) is 1. The zero-order chi connectivity index (χ0) is 17.2. The average Bonchev–Trinajstić information content (AvgIpc) is 3.24. The van der Waals surface area contributed by atoms with Gasteiger partial charge < -0.3 is 14.7 Å². The molecule has 0 aliphatic heterocycles. The molecule has 25 heavy (non-hydrogen) atoms. The number of aromatic amines is 1. The predicted octanol–water partition coefficient (Wildman–Crippen LogP) is 5.07. The Labute approximate surface area is 150 Å². The van der Waals surface area contributed by atoms with Crippen LogP contribution in [0.1, 0.15) is 17.1 Å². The lowest BCUT2D eigenvalue weighted by molar-refractivity contribution is 0.491. The lowest BCUT2D eigenvalue weighted by Crippen LogP contribution is -2.13. The van der Waals surface area contributed by atoms with Crippen LogP contribution in [0.3, 0.4) is 0 Å². The van der Waals surface area contributed by atoms with Crippen molar-refractivity contribution >= 4 is 22.6 Å². The van der Waals surface area contributed by atoms with Crippen LogP contribution in [-0.2, 0) is 13.1 Å². The molecule has 4 rings (SSSR count). The van der Waals surface area contributed by atoms with E-state index in [1.807, 2.05) is 61.5 Å². The zero-order valence-electron chi connectivity index (χ0n) is 13.8. The topological polar surface area (TPSA) is 53.9 Å². The third kappa shape index (κ3) is 3.31. The number of para-hydroxylation sites is 2. The highest BCUT2D eigenvalue weighted by molar-refractivity contribution is 6.31. The molecule has 2 heterocycles. The van der Waals surface area contributed by atoms with Crippen molar-refractivity contribution in [2.45, 2.75) is 20.0 Å². The summed E-state index contributed by atoms with van der Waals surface area (Å²) in [5, 5.41) is 4.10. The number of hydrogen-bond donors (Lipinski definition) is 2. The Balaban J connectivity index is 1.42. The first kappa shape index (κ1) is 15.9. The van der Waals surface area contributed by atoms with E-state index in [1.54, 1.807) is 0 Å². The van der Waals surface area contributed by atoms with Crippen molar-refractivity contribution in [1.29, 1.82) is 0 Å². The van der Waals surface area contributed by atoms with Gasteiger partial charge in [-0.3, -0.25) is 0 Å². The van der Waals surface area contributed by atoms with Gasteiger partial charge in [0.2, 0.25) is 0 Å². The second-order valence-electron chi connectivity index (χ2n) is 5.98. The van der Waals surface area contributed by atoms with Crippen molar-refractivity contribution in [2.24, 2.45) is 0 Å². The Morgan fingerprint density at radius 1 is 1.04 bits per heavy atom. The number of aromatic nitrogens is 2. The molecule has 126 valence electrons. The van der Waals surface area contributed by atoms with Gasteiger partial charge in [-0.05, 0) is 42.8 Å². The molecule has 0 aliphatic rings. The second-order valence-corrected chi connectivity index (χ2v) is 6.39. The van der Waals surface area contributed by atoms with E-state index in [0.717, 1.165) is 44.5 Å². The number of benzene rings is 2. The molecule has 5 heteroatoms. The Morgan fingerprint density at radius 2 is 1.92 bits per heavy atom. The Kier molecular flexibility index (Phi) is 4.30. The van der Waals surface area contributed by atoms with Gasteiger partial charge in [0.15, 0.2) is 0 Å². The quantitative estimate of drug-likeness (QED) is 0.527. The van der Waals surface area contributed by atoms with E-state index in [4.69, 9.17) is 16.0 Å². The lowest BCUT2D eigenvalue weighted by atomic mass is 10.1. The first-order valence-electron chi connectivity index (χ1n) is 8.19. The number of hydrogen-bond acceptors (Lipinski definition) is 3. The third-order valence-corrected chi connectivity index (χ3v) is 4.63. The van der Waals surface area contributed by atoms with Gasteiger partial charge in [0.1, 0.15) is 17.3 Å². The Hall–Kier alpha value is -2.56. The standard InChI is InChI=1S/C20H18ClN3O/c1-13-15(5-4-6-16(13)21)19-10-9-14(25-19)11-22-12-20-23-17-7-2-3-8-18(17)24-20/h2-10,22H,11-12H2,1H3,(H,23,24). The molecule has 0 amide bonds. The maximum absolute atomic E-state index is 6.19. The van der Waals surface area contributed by atoms with E-state index in [1.165, 1.54) is 0 Å². The van der Waals surface area contributed by atoms with E-state index in [2.05, 4.69) is 15.3 Å². The van der Waals surface area contributed by atoms with E-state index in [-0.39, 0.29) is 0 Å². The fraction of sp³-hybridized carbons (Fsp3) is 0.150. The van der Waals surface area contributed by atoms with Gasteiger partial charge in [0, 0.05) is 10.6 Å². The molecule has 4 nitrogen and oxygen atoms in total. The number of nitrogens with one attached hydrogen (secondary N) is 2. The minimum atomic E-state index is 0.636. The molecule has 2 aromatic heterocycles. The highest BCUT2D eigenvalue weighted by Gasteiger charge is 2.09. The van der Waals surface area contributed by atoms with E-state index in [0.29, 0.717) is 13.1 Å². The molecular weight excluding hydrogens is 334 g/mol. The minimum Gasteiger partial charge on any atom is -0.460 e. The van der Waals surface area contributed by atoms with Gasteiger partial charge >= 0.3 is 0 Å². The summed E-state index contributed by atoms with van der Waals surface area (Å²) in [6.07, 6.45) is 0. The molecule has 2 N–H and O–H groups in total. The monoisotopic (exact) mass is 351 g/mol. The minimum absolute atomic E-state index is 0.636. The SMILES string of the molecule is Cc1c(Cl)cccc1-c1ccc(CNCc2nc3ccccc3[nH]2)o1. The number of H-pyrrole nitrogens is 1. The number of fused-ring (bicyclic) bond motifs is 1. The second kappa shape index (κ2) is 6.75. The van der Waals surface area contributed by atoms with Gasteiger partial charge in [-0.2, -0.15) is 0 Å². The summed E-state index contributed by atoms with van der Waals surface area (Å²) < 4.78 is 5.95. The molecule has 2 aromatic carbocycles. The molecular formula is C20H18ClN3O. The van der Waals surface area contributed by atoms with Gasteiger partial charge in [0.05, 0.1) is 24.1 Å². The summed E-state index contributed by atoms with van der Waals surface area (Å²) in [6.45, 7) is 3.29. The van der Waals surface area contributed by atoms with Crippen LogP contribution < -0.4 is 5.32 Å². The number of imidazole rings is 1. The smallest absolute Gasteiger partial charge is 0.134 e. The summed E-state index contributed by atoms with van der Waals surface area (Å²) >= 11 is 6.19. The molecule has 0 atom stereocenters. The van der Waals surface area contributed by atoms with E-state index >= 15 is 0 Å². The van der Waals surface area contributed by atoms with Gasteiger partial charge in [-0.1, -0.05) is 35.9 Å². The molecule has 4 aromatic rings. The molecule has 0 aliphatic carbocycles. The van der Waals surface area contributed by atoms with Crippen LogP contribution in [0.5, 0.6) is 0 Å². The molecule has 0 saturated heterocycles. The fourth-order valence-corrected chi connectivity index (χ4v) is 3.06. The third-order valence-electron chi connectivity index (χ3n) is 4.22. The van der Waals surface area contributed by atoms with Gasteiger partial charge in [-0.15, -0.1) is 0 Å². The predicted molar refractivity (Wildman–Crippen MR) is 101 cm³/mol. The van der Waals surface area contributed by atoms with Crippen LogP contribution >= 0.6 is 11.6 Å². The average molecular weight is 352 g/mol. The summed E-state index contributed by atoms with van der Waals surface area (Å²) in [5.74, 6) is 2.63. The van der Waals surface area contributed by atoms with Crippen LogP contribution in [0.15, 0.2) is 59.0 Å². The van der Waals surface area contributed by atoms with Crippen LogP contribution in [0.2, 0.25) is 5.02 Å². The number of halogens is 1. The Bertz CT molecular complexity index is 986. The maximum atomic E-state index is 6.19. The normalized spacial score (nSPS) is 11.3. The van der Waals surface area contributed by atoms with Crippen molar-refractivity contribution < 1.29 is 4.42 Å². The highest BCUT2D eigenvalue weighted by atomic mass is 35.5. The molecule has 0 unspecified atom stereocenters. The summed E-state index contributed by atoms with van der Waals surface area (Å²) in [6, 6.07) is 17.8. The molecule has 0 bridgehead atoms. The van der Waals surface area contributed by atoms with Crippen LogP contribution in [0.25, 0.3) is 22.4 Å². The highest BCUT2D eigenvalue weighted by Crippen LogP contribution is 2.29. The first-order chi connectivity index (χ1) is 12.2. The summed E-state index contributed by atoms with van der Waals surface area (Å²) in [4.78, 5) is 7.86. The van der Waals surface area contributed by atoms with Crippen molar-refractivity contribution in [3.8, 4) is 11.3 Å². The number of furan rings is 1. The largest absolute Gasteiger partial charge is 0.460 e. The summed E-state index contributed by atoms with van der Waals surface area (Å²) in [5.41, 5.74) is 4.09. The van der Waals surface area contributed by atoms with Crippen LogP contribution in [0, 0.1) is 6.92 Å². The van der Waals surface area contributed by atoms with Crippen molar-refractivity contribution in [3.63, 3.8) is 0 Å². The van der Waals surface area contributed by atoms with E-state index < -0.39 is 0 Å². The molecule has 0 spiro atoms. The van der Waals surface area contributed by atoms with Crippen LogP contribution in [-0.4, -0.2) is 9.97 Å². The first-order valence-corrected chi connectivity index (χ1v) is 8.57. The van der Waals surface area contributed by atoms with Crippen molar-refractivity contribution in [1.82, 2.24) is 15.3 Å². The maximum Gasteiger partial charge on any atom is 0.134 e. The van der Waals surface area contributed by atoms with Crippen molar-refractivity contribution in [2.75, 3.05) is 0 Å².